The highest BCUT2D eigenvalue weighted by Crippen LogP contribution is 2.34. The predicted octanol–water partition coefficient (Wildman–Crippen LogP) is 2.53. The van der Waals surface area contributed by atoms with Crippen LogP contribution >= 0.6 is 0 Å². The summed E-state index contributed by atoms with van der Waals surface area (Å²) in [6, 6.07) is 15.0. The Bertz CT molecular complexity index is 952. The van der Waals surface area contributed by atoms with Crippen molar-refractivity contribution in [3.8, 4) is 0 Å². The molecule has 1 atom stereocenters. The Morgan fingerprint density at radius 2 is 1.73 bits per heavy atom. The molecule has 0 aliphatic heterocycles. The molecule has 8 heteroatoms. The third-order valence-electron chi connectivity index (χ3n) is 5.70. The summed E-state index contributed by atoms with van der Waals surface area (Å²) in [5, 5.41) is 0. The van der Waals surface area contributed by atoms with E-state index in [0.717, 1.165) is 30.0 Å². The van der Waals surface area contributed by atoms with Crippen LogP contribution in [0.15, 0.2) is 59.5 Å². The van der Waals surface area contributed by atoms with Crippen molar-refractivity contribution in [2.24, 2.45) is 0 Å². The smallest absolute Gasteiger partial charge is 0.279 e. The first kappa shape index (κ1) is 22.7. The summed E-state index contributed by atoms with van der Waals surface area (Å²) in [6.07, 6.45) is 5.85. The van der Waals surface area contributed by atoms with Crippen molar-refractivity contribution in [3.05, 3.63) is 70.6 Å². The molecule has 1 heterocycles. The van der Waals surface area contributed by atoms with Crippen molar-refractivity contribution in [1.82, 2.24) is 13.6 Å². The van der Waals surface area contributed by atoms with Crippen molar-refractivity contribution in [1.29, 1.82) is 0 Å². The molecule has 0 bridgehead atoms. The zero-order chi connectivity index (χ0) is 21.6. The highest BCUT2D eigenvalue weighted by atomic mass is 32.2. The number of pyridine rings is 1. The van der Waals surface area contributed by atoms with E-state index in [1.54, 1.807) is 18.3 Å². The van der Waals surface area contributed by atoms with E-state index in [1.165, 1.54) is 30.3 Å². The van der Waals surface area contributed by atoms with Crippen LogP contribution in [0, 0.1) is 0 Å². The van der Waals surface area contributed by atoms with Crippen LogP contribution in [0.5, 0.6) is 0 Å². The molecule has 0 saturated heterocycles. The van der Waals surface area contributed by atoms with E-state index in [2.05, 4.69) is 29.0 Å². The molecule has 1 fully saturated rings. The van der Waals surface area contributed by atoms with Gasteiger partial charge in [-0.3, -0.25) is 4.79 Å². The monoisotopic (exact) mass is 433 g/mol. The second kappa shape index (κ2) is 10.3. The number of rotatable bonds is 9. The molecule has 0 amide bonds. The molecule has 1 aromatic heterocycles. The van der Waals surface area contributed by atoms with E-state index in [1.807, 2.05) is 6.07 Å². The predicted molar refractivity (Wildman–Crippen MR) is 118 cm³/mol. The number of aromatic nitrogens is 1. The molecule has 1 aliphatic carbocycles. The number of hydrogen-bond donors (Lipinski definition) is 1. The first-order valence-corrected chi connectivity index (χ1v) is 11.8. The highest BCUT2D eigenvalue weighted by molar-refractivity contribution is 7.87. The number of ether oxygens (including phenoxy) is 1. The number of benzene rings is 1. The minimum atomic E-state index is -3.58. The molecule has 164 valence electrons. The van der Waals surface area contributed by atoms with Crippen LogP contribution in [-0.2, 0) is 14.9 Å². The lowest BCUT2D eigenvalue weighted by molar-refractivity contribution is 0.00732. The van der Waals surface area contributed by atoms with Crippen LogP contribution in [-0.4, -0.2) is 50.6 Å². The first-order valence-electron chi connectivity index (χ1n) is 10.4. The Kier molecular flexibility index (Phi) is 7.82. The van der Waals surface area contributed by atoms with Crippen molar-refractivity contribution in [3.63, 3.8) is 0 Å². The Balaban J connectivity index is 1.60. The quantitative estimate of drug-likeness (QED) is 0.659. The second-order valence-electron chi connectivity index (χ2n) is 7.95. The SMILES string of the molecule is CN(C)S(=O)(=O)NCC(COC1CCC(c2ccccc2)CC1)n1ccccc1=O. The highest BCUT2D eigenvalue weighted by Gasteiger charge is 2.25. The number of nitrogens with zero attached hydrogens (tertiary/aromatic N) is 2. The van der Waals surface area contributed by atoms with Gasteiger partial charge in [0.15, 0.2) is 0 Å². The molecular weight excluding hydrogens is 402 g/mol. The molecule has 1 aromatic carbocycles. The zero-order valence-electron chi connectivity index (χ0n) is 17.6. The van der Waals surface area contributed by atoms with Crippen molar-refractivity contribution in [2.75, 3.05) is 27.2 Å². The van der Waals surface area contributed by atoms with Gasteiger partial charge in [0.25, 0.3) is 15.8 Å². The lowest BCUT2D eigenvalue weighted by atomic mass is 9.83. The van der Waals surface area contributed by atoms with Crippen LogP contribution in [0.1, 0.15) is 43.2 Å². The molecule has 1 aliphatic rings. The van der Waals surface area contributed by atoms with Crippen LogP contribution in [0.3, 0.4) is 0 Å². The third-order valence-corrected chi connectivity index (χ3v) is 7.19. The number of nitrogens with one attached hydrogen (secondary N) is 1. The lowest BCUT2D eigenvalue weighted by Crippen LogP contribution is -2.42. The van der Waals surface area contributed by atoms with E-state index in [9.17, 15) is 13.2 Å². The summed E-state index contributed by atoms with van der Waals surface area (Å²) in [5.74, 6) is 0.561. The normalized spacial score (nSPS) is 20.9. The molecule has 7 nitrogen and oxygen atoms in total. The Hall–Kier alpha value is -2.00. The minimum absolute atomic E-state index is 0.0871. The van der Waals surface area contributed by atoms with Gasteiger partial charge in [-0.1, -0.05) is 36.4 Å². The van der Waals surface area contributed by atoms with Gasteiger partial charge in [0.05, 0.1) is 18.8 Å². The molecule has 2 aromatic rings. The summed E-state index contributed by atoms with van der Waals surface area (Å²) >= 11 is 0. The van der Waals surface area contributed by atoms with Crippen LogP contribution < -0.4 is 10.3 Å². The average molecular weight is 434 g/mol. The Labute approximate surface area is 178 Å². The molecule has 1 N–H and O–H groups in total. The molecule has 0 spiro atoms. The van der Waals surface area contributed by atoms with E-state index < -0.39 is 16.3 Å². The Morgan fingerprint density at radius 3 is 2.37 bits per heavy atom. The maximum Gasteiger partial charge on any atom is 0.279 e. The van der Waals surface area contributed by atoms with Crippen LogP contribution in [0.2, 0.25) is 0 Å². The van der Waals surface area contributed by atoms with Gasteiger partial charge >= 0.3 is 0 Å². The maximum absolute atomic E-state index is 12.3. The van der Waals surface area contributed by atoms with Crippen molar-refractivity contribution in [2.45, 2.75) is 43.7 Å². The summed E-state index contributed by atoms with van der Waals surface area (Å²) < 4.78 is 35.6. The van der Waals surface area contributed by atoms with Gasteiger partial charge in [0.2, 0.25) is 0 Å². The number of hydrogen-bond acceptors (Lipinski definition) is 4. The fourth-order valence-electron chi connectivity index (χ4n) is 3.84. The summed E-state index contributed by atoms with van der Waals surface area (Å²) in [7, 11) is -0.651. The van der Waals surface area contributed by atoms with Crippen LogP contribution in [0.25, 0.3) is 0 Å². The summed E-state index contributed by atoms with van der Waals surface area (Å²) in [5.41, 5.74) is 1.20. The fraction of sp³-hybridized carbons (Fsp3) is 0.500. The lowest BCUT2D eigenvalue weighted by Gasteiger charge is -2.30. The Morgan fingerprint density at radius 1 is 1.07 bits per heavy atom. The topological polar surface area (TPSA) is 80.6 Å². The summed E-state index contributed by atoms with van der Waals surface area (Å²) in [6.45, 7) is 0.365. The molecule has 30 heavy (non-hydrogen) atoms. The van der Waals surface area contributed by atoms with Crippen molar-refractivity contribution >= 4 is 10.2 Å². The average Bonchev–Trinajstić information content (AvgIpc) is 2.75. The molecule has 1 saturated carbocycles. The van der Waals surface area contributed by atoms with Gasteiger partial charge in [-0.2, -0.15) is 17.4 Å². The summed E-state index contributed by atoms with van der Waals surface area (Å²) in [4.78, 5) is 12.3. The first-order chi connectivity index (χ1) is 14.4. The van der Waals surface area contributed by atoms with Gasteiger partial charge in [-0.15, -0.1) is 0 Å². The van der Waals surface area contributed by atoms with Gasteiger partial charge in [-0.25, -0.2) is 0 Å². The van der Waals surface area contributed by atoms with Gasteiger partial charge < -0.3 is 9.30 Å². The van der Waals surface area contributed by atoms with Gasteiger partial charge in [0.1, 0.15) is 0 Å². The molecule has 3 rings (SSSR count). The van der Waals surface area contributed by atoms with Crippen molar-refractivity contribution < 1.29 is 13.2 Å². The zero-order valence-corrected chi connectivity index (χ0v) is 18.4. The minimum Gasteiger partial charge on any atom is -0.376 e. The van der Waals surface area contributed by atoms with Gasteiger partial charge in [0, 0.05) is 32.9 Å². The molecule has 1 unspecified atom stereocenters. The fourth-order valence-corrected chi connectivity index (χ4v) is 4.51. The van der Waals surface area contributed by atoms with E-state index in [-0.39, 0.29) is 24.8 Å². The van der Waals surface area contributed by atoms with E-state index in [4.69, 9.17) is 4.74 Å². The largest absolute Gasteiger partial charge is 0.376 e. The molecular formula is C22H31N3O4S. The second-order valence-corrected chi connectivity index (χ2v) is 9.92. The van der Waals surface area contributed by atoms with E-state index in [0.29, 0.717) is 5.92 Å². The standard InChI is InChI=1S/C22H31N3O4S/c1-24(2)30(27,28)23-16-20(25-15-7-6-10-22(25)26)17-29-21-13-11-19(12-14-21)18-8-4-3-5-9-18/h3-10,15,19-21,23H,11-14,16-17H2,1-2H3. The van der Waals surface area contributed by atoms with Gasteiger partial charge in [-0.05, 0) is 43.2 Å². The maximum atomic E-state index is 12.3. The molecule has 0 radical (unpaired) electrons. The van der Waals surface area contributed by atoms with E-state index >= 15 is 0 Å². The third kappa shape index (κ3) is 6.01. The van der Waals surface area contributed by atoms with Crippen LogP contribution in [0.4, 0.5) is 0 Å².